The highest BCUT2D eigenvalue weighted by molar-refractivity contribution is 6.14. The predicted octanol–water partition coefficient (Wildman–Crippen LogP) is 8.61. The summed E-state index contributed by atoms with van der Waals surface area (Å²) >= 11 is 0. The van der Waals surface area contributed by atoms with Gasteiger partial charge in [0.05, 0.1) is 11.1 Å². The van der Waals surface area contributed by atoms with Crippen molar-refractivity contribution in [2.45, 2.75) is 46.2 Å². The van der Waals surface area contributed by atoms with Gasteiger partial charge in [0, 0.05) is 0 Å². The van der Waals surface area contributed by atoms with Crippen molar-refractivity contribution in [3.05, 3.63) is 161 Å². The van der Waals surface area contributed by atoms with Crippen LogP contribution in [0.2, 0.25) is 0 Å². The monoisotopic (exact) mass is 600 g/mol. The molecule has 0 unspecified atom stereocenters. The zero-order valence-electron chi connectivity index (χ0n) is 25.7. The first kappa shape index (κ1) is 31.1. The molecular weight excluding hydrogens is 564 g/mol. The van der Waals surface area contributed by atoms with E-state index in [1.807, 2.05) is 97.1 Å². The Hall–Kier alpha value is -5.36. The molecule has 0 aliphatic rings. The van der Waals surface area contributed by atoms with E-state index in [4.69, 9.17) is 18.9 Å². The Morgan fingerprint density at radius 1 is 0.533 bits per heavy atom. The highest BCUT2D eigenvalue weighted by Crippen LogP contribution is 2.37. The number of hydrogen-bond donors (Lipinski definition) is 0. The van der Waals surface area contributed by atoms with Gasteiger partial charge in [-0.15, -0.1) is 0 Å². The van der Waals surface area contributed by atoms with E-state index in [0.717, 1.165) is 16.7 Å². The van der Waals surface area contributed by atoms with E-state index in [9.17, 15) is 9.59 Å². The Bertz CT molecular complexity index is 1660. The van der Waals surface area contributed by atoms with Gasteiger partial charge in [-0.3, -0.25) is 4.79 Å². The molecule has 0 saturated heterocycles. The standard InChI is InChI=1S/C39H36O6/c1-39(2,3)45-38(41)31-23-34(43-26-29-17-9-5-10-18-29)36(35(24-31)44-27-30-19-11-6-12-20-30)37(40)32-21-13-14-22-33(32)42-25-28-15-7-4-8-16-28/h4-24H,25-27H2,1-3H3. The molecule has 0 spiro atoms. The van der Waals surface area contributed by atoms with Gasteiger partial charge in [0.2, 0.25) is 5.78 Å². The number of ketones is 1. The van der Waals surface area contributed by atoms with Crippen LogP contribution in [0.3, 0.4) is 0 Å². The molecule has 5 aromatic carbocycles. The van der Waals surface area contributed by atoms with E-state index in [2.05, 4.69) is 0 Å². The van der Waals surface area contributed by atoms with Crippen molar-refractivity contribution < 1.29 is 28.5 Å². The summed E-state index contributed by atoms with van der Waals surface area (Å²) in [4.78, 5) is 27.8. The van der Waals surface area contributed by atoms with Crippen LogP contribution in [0.1, 0.15) is 63.7 Å². The molecule has 0 bridgehead atoms. The van der Waals surface area contributed by atoms with Gasteiger partial charge in [-0.2, -0.15) is 0 Å². The van der Waals surface area contributed by atoms with Crippen LogP contribution in [0.25, 0.3) is 0 Å². The van der Waals surface area contributed by atoms with Gasteiger partial charge in [0.15, 0.2) is 0 Å². The lowest BCUT2D eigenvalue weighted by Gasteiger charge is -2.22. The van der Waals surface area contributed by atoms with Crippen LogP contribution in [0.4, 0.5) is 0 Å². The molecule has 0 atom stereocenters. The Morgan fingerprint density at radius 2 is 0.933 bits per heavy atom. The summed E-state index contributed by atoms with van der Waals surface area (Å²) in [6, 6.07) is 39.1. The fourth-order valence-corrected chi connectivity index (χ4v) is 4.62. The number of carbonyl (C=O) groups is 2. The molecule has 0 radical (unpaired) electrons. The van der Waals surface area contributed by atoms with Crippen LogP contribution < -0.4 is 14.2 Å². The van der Waals surface area contributed by atoms with Crippen molar-refractivity contribution in [3.63, 3.8) is 0 Å². The maximum atomic E-state index is 14.5. The topological polar surface area (TPSA) is 71.1 Å². The molecule has 6 nitrogen and oxygen atoms in total. The molecular formula is C39H36O6. The highest BCUT2D eigenvalue weighted by atomic mass is 16.6. The summed E-state index contributed by atoms with van der Waals surface area (Å²) in [6.07, 6.45) is 0. The molecule has 0 aliphatic carbocycles. The Labute approximate surface area is 264 Å². The molecule has 0 N–H and O–H groups in total. The predicted molar refractivity (Wildman–Crippen MR) is 174 cm³/mol. The molecule has 0 fully saturated rings. The molecule has 5 aromatic rings. The van der Waals surface area contributed by atoms with Gasteiger partial charge < -0.3 is 18.9 Å². The van der Waals surface area contributed by atoms with Crippen LogP contribution >= 0.6 is 0 Å². The van der Waals surface area contributed by atoms with Gasteiger partial charge >= 0.3 is 5.97 Å². The molecule has 0 aromatic heterocycles. The van der Waals surface area contributed by atoms with Crippen LogP contribution in [0.15, 0.2) is 127 Å². The average molecular weight is 601 g/mol. The number of benzene rings is 5. The van der Waals surface area contributed by atoms with E-state index >= 15 is 0 Å². The Morgan fingerprint density at radius 3 is 1.38 bits per heavy atom. The maximum Gasteiger partial charge on any atom is 0.338 e. The molecule has 5 rings (SSSR count). The quantitative estimate of drug-likeness (QED) is 0.105. The fourth-order valence-electron chi connectivity index (χ4n) is 4.62. The molecule has 0 saturated carbocycles. The second-order valence-corrected chi connectivity index (χ2v) is 11.5. The van der Waals surface area contributed by atoms with Crippen LogP contribution in [-0.4, -0.2) is 17.4 Å². The van der Waals surface area contributed by atoms with E-state index in [1.54, 1.807) is 51.1 Å². The zero-order chi connectivity index (χ0) is 31.6. The summed E-state index contributed by atoms with van der Waals surface area (Å²) in [7, 11) is 0. The van der Waals surface area contributed by atoms with E-state index in [-0.39, 0.29) is 48.2 Å². The lowest BCUT2D eigenvalue weighted by Crippen LogP contribution is -2.24. The van der Waals surface area contributed by atoms with Gasteiger partial charge in [-0.05, 0) is 61.7 Å². The van der Waals surface area contributed by atoms with Gasteiger partial charge in [-0.1, -0.05) is 103 Å². The van der Waals surface area contributed by atoms with Crippen molar-refractivity contribution in [2.24, 2.45) is 0 Å². The van der Waals surface area contributed by atoms with Crippen LogP contribution in [0, 0.1) is 0 Å². The molecule has 228 valence electrons. The van der Waals surface area contributed by atoms with E-state index < -0.39 is 11.6 Å². The van der Waals surface area contributed by atoms with Crippen LogP contribution in [-0.2, 0) is 24.6 Å². The van der Waals surface area contributed by atoms with Crippen molar-refractivity contribution >= 4 is 11.8 Å². The third-order valence-corrected chi connectivity index (χ3v) is 6.77. The smallest absolute Gasteiger partial charge is 0.338 e. The lowest BCUT2D eigenvalue weighted by molar-refractivity contribution is 0.00683. The Balaban J connectivity index is 1.58. The van der Waals surface area contributed by atoms with Crippen molar-refractivity contribution in [1.82, 2.24) is 0 Å². The van der Waals surface area contributed by atoms with Crippen molar-refractivity contribution in [1.29, 1.82) is 0 Å². The Kier molecular flexibility index (Phi) is 9.95. The minimum Gasteiger partial charge on any atom is -0.488 e. The second-order valence-electron chi connectivity index (χ2n) is 11.5. The molecule has 45 heavy (non-hydrogen) atoms. The van der Waals surface area contributed by atoms with Crippen molar-refractivity contribution in [3.8, 4) is 17.2 Å². The highest BCUT2D eigenvalue weighted by Gasteiger charge is 2.28. The van der Waals surface area contributed by atoms with E-state index in [0.29, 0.717) is 11.3 Å². The summed E-state index contributed by atoms with van der Waals surface area (Å²) in [5, 5.41) is 0. The fraction of sp³-hybridized carbons (Fsp3) is 0.179. The third-order valence-electron chi connectivity index (χ3n) is 6.77. The largest absolute Gasteiger partial charge is 0.488 e. The van der Waals surface area contributed by atoms with Gasteiger partial charge in [-0.25, -0.2) is 4.79 Å². The van der Waals surface area contributed by atoms with Gasteiger partial charge in [0.25, 0.3) is 0 Å². The normalized spacial score (nSPS) is 11.0. The third kappa shape index (κ3) is 8.61. The molecule has 0 heterocycles. The van der Waals surface area contributed by atoms with Gasteiger partial charge in [0.1, 0.15) is 48.2 Å². The SMILES string of the molecule is CC(C)(C)OC(=O)c1cc(OCc2ccccc2)c(C(=O)c2ccccc2OCc2ccccc2)c(OCc2ccccc2)c1. The molecule has 6 heteroatoms. The first-order chi connectivity index (χ1) is 21.8. The number of hydrogen-bond acceptors (Lipinski definition) is 6. The molecule has 0 aliphatic heterocycles. The first-order valence-corrected chi connectivity index (χ1v) is 14.8. The van der Waals surface area contributed by atoms with Crippen LogP contribution in [0.5, 0.6) is 17.2 Å². The zero-order valence-corrected chi connectivity index (χ0v) is 25.7. The number of carbonyl (C=O) groups excluding carboxylic acids is 2. The minimum atomic E-state index is -0.725. The lowest BCUT2D eigenvalue weighted by atomic mass is 9.98. The number of para-hydroxylation sites is 1. The number of rotatable bonds is 12. The summed E-state index contributed by atoms with van der Waals surface area (Å²) in [6.45, 7) is 6.03. The summed E-state index contributed by atoms with van der Waals surface area (Å²) < 4.78 is 24.4. The number of esters is 1. The number of ether oxygens (including phenoxy) is 4. The average Bonchev–Trinajstić information content (AvgIpc) is 3.05. The summed E-state index contributed by atoms with van der Waals surface area (Å²) in [5.41, 5.74) is 2.78. The second kappa shape index (κ2) is 14.4. The van der Waals surface area contributed by atoms with E-state index in [1.165, 1.54) is 0 Å². The first-order valence-electron chi connectivity index (χ1n) is 14.8. The molecule has 0 amide bonds. The maximum absolute atomic E-state index is 14.5. The minimum absolute atomic E-state index is 0.170. The van der Waals surface area contributed by atoms with Crippen molar-refractivity contribution in [2.75, 3.05) is 0 Å². The summed E-state index contributed by atoms with van der Waals surface area (Å²) in [5.74, 6) is -0.0883.